The molecule has 0 saturated carbocycles. The minimum Gasteiger partial charge on any atom is -0.486 e. The van der Waals surface area contributed by atoms with Gasteiger partial charge in [-0.05, 0) is 24.3 Å². The van der Waals surface area contributed by atoms with Gasteiger partial charge in [0.05, 0.1) is 12.1 Å². The monoisotopic (exact) mass is 307 g/mol. The number of nitrogens with zero attached hydrogens (tertiary/aromatic N) is 3. The Morgan fingerprint density at radius 3 is 2.74 bits per heavy atom. The number of benzene rings is 2. The number of likely N-dealkylation sites (N-methyl/N-ethyl adjacent to an activating group) is 1. The Labute approximate surface area is 134 Å². The van der Waals surface area contributed by atoms with Gasteiger partial charge in [0.2, 0.25) is 0 Å². The van der Waals surface area contributed by atoms with Gasteiger partial charge in [-0.1, -0.05) is 24.3 Å². The van der Waals surface area contributed by atoms with E-state index in [9.17, 15) is 0 Å². The largest absolute Gasteiger partial charge is 0.486 e. The summed E-state index contributed by atoms with van der Waals surface area (Å²) in [6.45, 7) is 1.22. The molecule has 116 valence electrons. The molecule has 0 saturated heterocycles. The lowest BCUT2D eigenvalue weighted by atomic mass is 10.2. The molecule has 0 radical (unpaired) electrons. The number of rotatable bonds is 3. The maximum Gasteiger partial charge on any atom is 0.161 e. The van der Waals surface area contributed by atoms with Crippen LogP contribution < -0.4 is 14.4 Å². The van der Waals surface area contributed by atoms with Crippen molar-refractivity contribution in [2.45, 2.75) is 6.10 Å². The molecular formula is C18H17N3O2. The molecule has 3 aromatic rings. The number of fused-ring (bicyclic) bond motifs is 2. The second kappa shape index (κ2) is 5.76. The summed E-state index contributed by atoms with van der Waals surface area (Å²) >= 11 is 0. The van der Waals surface area contributed by atoms with Crippen LogP contribution in [0.5, 0.6) is 11.5 Å². The smallest absolute Gasteiger partial charge is 0.161 e. The molecule has 2 heterocycles. The molecule has 0 spiro atoms. The second-order valence-electron chi connectivity index (χ2n) is 5.59. The van der Waals surface area contributed by atoms with Crippen LogP contribution in [0.3, 0.4) is 0 Å². The fraction of sp³-hybridized carbons (Fsp3) is 0.222. The van der Waals surface area contributed by atoms with Crippen LogP contribution in [0.2, 0.25) is 0 Å². The zero-order valence-electron chi connectivity index (χ0n) is 12.8. The van der Waals surface area contributed by atoms with E-state index < -0.39 is 0 Å². The first-order valence-corrected chi connectivity index (χ1v) is 7.60. The molecular weight excluding hydrogens is 290 g/mol. The van der Waals surface area contributed by atoms with Crippen LogP contribution in [0.4, 0.5) is 5.82 Å². The van der Waals surface area contributed by atoms with E-state index in [-0.39, 0.29) is 6.10 Å². The Morgan fingerprint density at radius 2 is 1.83 bits per heavy atom. The Morgan fingerprint density at radius 1 is 1.04 bits per heavy atom. The van der Waals surface area contributed by atoms with Crippen LogP contribution in [-0.2, 0) is 0 Å². The predicted octanol–water partition coefficient (Wildman–Crippen LogP) is 2.91. The van der Waals surface area contributed by atoms with Crippen LogP contribution in [0.1, 0.15) is 0 Å². The fourth-order valence-electron chi connectivity index (χ4n) is 2.84. The number of hydrogen-bond acceptors (Lipinski definition) is 5. The van der Waals surface area contributed by atoms with E-state index >= 15 is 0 Å². The maximum atomic E-state index is 6.03. The quantitative estimate of drug-likeness (QED) is 0.744. The van der Waals surface area contributed by atoms with Gasteiger partial charge < -0.3 is 14.4 Å². The number of ether oxygens (including phenoxy) is 2. The van der Waals surface area contributed by atoms with Crippen molar-refractivity contribution in [1.29, 1.82) is 0 Å². The molecule has 23 heavy (non-hydrogen) atoms. The lowest BCUT2D eigenvalue weighted by Gasteiger charge is -2.30. The average Bonchev–Trinajstić information content (AvgIpc) is 2.61. The van der Waals surface area contributed by atoms with Gasteiger partial charge in [0.1, 0.15) is 18.8 Å². The van der Waals surface area contributed by atoms with Gasteiger partial charge in [-0.3, -0.25) is 0 Å². The molecule has 0 unspecified atom stereocenters. The van der Waals surface area contributed by atoms with E-state index in [1.54, 1.807) is 6.33 Å². The number of hydrogen-bond donors (Lipinski definition) is 0. The summed E-state index contributed by atoms with van der Waals surface area (Å²) in [5.41, 5.74) is 0.940. The first-order chi connectivity index (χ1) is 11.3. The lowest BCUT2D eigenvalue weighted by Crippen LogP contribution is -2.39. The van der Waals surface area contributed by atoms with Crippen molar-refractivity contribution in [2.24, 2.45) is 0 Å². The van der Waals surface area contributed by atoms with Gasteiger partial charge in [-0.25, -0.2) is 9.97 Å². The highest BCUT2D eigenvalue weighted by Crippen LogP contribution is 2.31. The molecule has 0 amide bonds. The second-order valence-corrected chi connectivity index (χ2v) is 5.59. The SMILES string of the molecule is CN(C[C@H]1COc2ccccc2O1)c1ncnc2ccccc12. The van der Waals surface area contributed by atoms with Gasteiger partial charge >= 0.3 is 0 Å². The van der Waals surface area contributed by atoms with E-state index in [0.717, 1.165) is 28.2 Å². The van der Waals surface area contributed by atoms with Crippen LogP contribution in [0.25, 0.3) is 10.9 Å². The minimum absolute atomic E-state index is 0.0383. The van der Waals surface area contributed by atoms with E-state index in [4.69, 9.17) is 9.47 Å². The van der Waals surface area contributed by atoms with E-state index in [1.165, 1.54) is 0 Å². The third-order valence-corrected chi connectivity index (χ3v) is 3.93. The summed E-state index contributed by atoms with van der Waals surface area (Å²) < 4.78 is 11.8. The van der Waals surface area contributed by atoms with E-state index in [0.29, 0.717) is 13.2 Å². The van der Waals surface area contributed by atoms with Crippen molar-refractivity contribution in [2.75, 3.05) is 25.1 Å². The van der Waals surface area contributed by atoms with Crippen LogP contribution in [0.15, 0.2) is 54.9 Å². The van der Waals surface area contributed by atoms with Gasteiger partial charge in [0, 0.05) is 12.4 Å². The average molecular weight is 307 g/mol. The summed E-state index contributed by atoms with van der Waals surface area (Å²) in [4.78, 5) is 10.8. The molecule has 2 aromatic carbocycles. The summed E-state index contributed by atoms with van der Waals surface area (Å²) in [5.74, 6) is 2.50. The summed E-state index contributed by atoms with van der Waals surface area (Å²) in [7, 11) is 2.01. The van der Waals surface area contributed by atoms with Crippen molar-refractivity contribution >= 4 is 16.7 Å². The van der Waals surface area contributed by atoms with Gasteiger partial charge in [0.15, 0.2) is 17.6 Å². The Kier molecular flexibility index (Phi) is 3.46. The van der Waals surface area contributed by atoms with Crippen molar-refractivity contribution in [3.05, 3.63) is 54.9 Å². The number of aromatic nitrogens is 2. The molecule has 4 rings (SSSR count). The topological polar surface area (TPSA) is 47.5 Å². The van der Waals surface area contributed by atoms with E-state index in [2.05, 4.69) is 14.9 Å². The normalized spacial score (nSPS) is 16.3. The Bertz CT molecular complexity index is 832. The summed E-state index contributed by atoms with van der Waals surface area (Å²) in [6, 6.07) is 15.8. The molecule has 1 aliphatic rings. The molecule has 1 aromatic heterocycles. The molecule has 0 N–H and O–H groups in total. The first kappa shape index (κ1) is 13.8. The maximum absolute atomic E-state index is 6.03. The zero-order valence-corrected chi connectivity index (χ0v) is 12.8. The standard InChI is InChI=1S/C18H17N3O2/c1-21(18-14-6-2-3-7-15(14)19-12-20-18)10-13-11-22-16-8-4-5-9-17(16)23-13/h2-9,12-13H,10-11H2,1H3/t13-/m0/s1. The Hall–Kier alpha value is -2.82. The zero-order chi connectivity index (χ0) is 15.6. The lowest BCUT2D eigenvalue weighted by molar-refractivity contribution is 0.0960. The van der Waals surface area contributed by atoms with Crippen molar-refractivity contribution in [1.82, 2.24) is 9.97 Å². The highest BCUT2D eigenvalue weighted by Gasteiger charge is 2.23. The third kappa shape index (κ3) is 2.65. The van der Waals surface area contributed by atoms with Crippen molar-refractivity contribution < 1.29 is 9.47 Å². The first-order valence-electron chi connectivity index (χ1n) is 7.60. The molecule has 5 nitrogen and oxygen atoms in total. The fourth-order valence-corrected chi connectivity index (χ4v) is 2.84. The minimum atomic E-state index is -0.0383. The van der Waals surface area contributed by atoms with Crippen molar-refractivity contribution in [3.63, 3.8) is 0 Å². The summed E-state index contributed by atoms with van der Waals surface area (Å²) in [6.07, 6.45) is 1.56. The summed E-state index contributed by atoms with van der Waals surface area (Å²) in [5, 5.41) is 1.04. The number of para-hydroxylation sites is 3. The van der Waals surface area contributed by atoms with Crippen LogP contribution >= 0.6 is 0 Å². The molecule has 0 bridgehead atoms. The van der Waals surface area contributed by atoms with Gasteiger partial charge in [-0.15, -0.1) is 0 Å². The Balaban J connectivity index is 1.55. The van der Waals surface area contributed by atoms with Gasteiger partial charge in [0.25, 0.3) is 0 Å². The molecule has 1 aliphatic heterocycles. The highest BCUT2D eigenvalue weighted by molar-refractivity contribution is 5.89. The van der Waals surface area contributed by atoms with Crippen molar-refractivity contribution in [3.8, 4) is 11.5 Å². The van der Waals surface area contributed by atoms with Gasteiger partial charge in [-0.2, -0.15) is 0 Å². The molecule has 0 fully saturated rings. The highest BCUT2D eigenvalue weighted by atomic mass is 16.6. The van der Waals surface area contributed by atoms with Crippen LogP contribution in [-0.4, -0.2) is 36.3 Å². The van der Waals surface area contributed by atoms with E-state index in [1.807, 2.05) is 55.6 Å². The van der Waals surface area contributed by atoms with Crippen LogP contribution in [0, 0.1) is 0 Å². The molecule has 0 aliphatic carbocycles. The molecule has 1 atom stereocenters. The molecule has 5 heteroatoms. The predicted molar refractivity (Wildman–Crippen MR) is 89.2 cm³/mol. The number of anilines is 1. The third-order valence-electron chi connectivity index (χ3n) is 3.93.